The van der Waals surface area contributed by atoms with Crippen molar-refractivity contribution in [3.8, 4) is 0 Å². The molecule has 0 bridgehead atoms. The molecule has 0 spiro atoms. The first-order chi connectivity index (χ1) is 5.77. The molecule has 1 unspecified atom stereocenters. The second kappa shape index (κ2) is 4.18. The average molecular weight is 170 g/mol. The zero-order valence-corrected chi connectivity index (χ0v) is 7.40. The number of ether oxygens (including phenoxy) is 1. The number of nitrogens with two attached hydrogens (primary N) is 1. The van der Waals surface area contributed by atoms with E-state index in [1.165, 1.54) is 0 Å². The number of rotatable bonds is 4. The van der Waals surface area contributed by atoms with Crippen LogP contribution in [0, 0.1) is 0 Å². The molecule has 1 aromatic rings. The largest absolute Gasteiger partial charge is 0.382 e. The Morgan fingerprint density at radius 1 is 1.75 bits per heavy atom. The molecule has 68 valence electrons. The highest BCUT2D eigenvalue weighted by Gasteiger charge is 2.05. The molecule has 12 heavy (non-hydrogen) atoms. The van der Waals surface area contributed by atoms with Crippen LogP contribution in [-0.4, -0.2) is 28.7 Å². The quantitative estimate of drug-likeness (QED) is 0.687. The van der Waals surface area contributed by atoms with Gasteiger partial charge in [-0.05, 0) is 6.92 Å². The van der Waals surface area contributed by atoms with E-state index in [9.17, 15) is 0 Å². The molecule has 2 N–H and O–H groups in total. The van der Waals surface area contributed by atoms with Gasteiger partial charge in [-0.15, -0.1) is 5.10 Å². The van der Waals surface area contributed by atoms with Gasteiger partial charge < -0.3 is 10.5 Å². The minimum Gasteiger partial charge on any atom is -0.382 e. The van der Waals surface area contributed by atoms with E-state index in [4.69, 9.17) is 10.5 Å². The van der Waals surface area contributed by atoms with Crippen molar-refractivity contribution >= 4 is 0 Å². The highest BCUT2D eigenvalue weighted by molar-refractivity contribution is 4.91. The molecule has 0 aliphatic carbocycles. The fourth-order valence-corrected chi connectivity index (χ4v) is 0.940. The van der Waals surface area contributed by atoms with Crippen molar-refractivity contribution in [1.29, 1.82) is 0 Å². The minimum absolute atomic E-state index is 0.211. The second-order valence-corrected chi connectivity index (χ2v) is 2.70. The summed E-state index contributed by atoms with van der Waals surface area (Å²) in [5.74, 6) is 0. The first-order valence-corrected chi connectivity index (χ1v) is 3.87. The Bertz CT molecular complexity index is 235. The highest BCUT2D eigenvalue weighted by Crippen LogP contribution is 2.03. The predicted molar refractivity (Wildman–Crippen MR) is 44.5 cm³/mol. The summed E-state index contributed by atoms with van der Waals surface area (Å²) in [5.41, 5.74) is 6.19. The van der Waals surface area contributed by atoms with E-state index in [0.717, 1.165) is 5.69 Å². The van der Waals surface area contributed by atoms with Crippen LogP contribution in [0.5, 0.6) is 0 Å². The van der Waals surface area contributed by atoms with E-state index < -0.39 is 0 Å². The lowest BCUT2D eigenvalue weighted by molar-refractivity contribution is 0.156. The summed E-state index contributed by atoms with van der Waals surface area (Å²) in [6.07, 6.45) is 1.84. The van der Waals surface area contributed by atoms with Crippen LogP contribution >= 0.6 is 0 Å². The van der Waals surface area contributed by atoms with Crippen LogP contribution in [0.15, 0.2) is 6.20 Å². The monoisotopic (exact) mass is 170 g/mol. The van der Waals surface area contributed by atoms with Crippen LogP contribution in [0.1, 0.15) is 18.7 Å². The maximum atomic E-state index is 5.39. The van der Waals surface area contributed by atoms with Crippen molar-refractivity contribution in [2.24, 2.45) is 5.73 Å². The molecule has 0 saturated heterocycles. The Morgan fingerprint density at radius 2 is 2.50 bits per heavy atom. The van der Waals surface area contributed by atoms with Gasteiger partial charge in [0, 0.05) is 13.7 Å². The Labute approximate surface area is 71.5 Å². The van der Waals surface area contributed by atoms with Crippen LogP contribution in [0.25, 0.3) is 0 Å². The van der Waals surface area contributed by atoms with Crippen LogP contribution in [0.3, 0.4) is 0 Å². The van der Waals surface area contributed by atoms with Gasteiger partial charge in [-0.3, -0.25) is 0 Å². The molecule has 0 amide bonds. The van der Waals surface area contributed by atoms with Crippen molar-refractivity contribution in [2.45, 2.75) is 19.5 Å². The second-order valence-electron chi connectivity index (χ2n) is 2.70. The number of aromatic nitrogens is 3. The third kappa shape index (κ3) is 2.02. The normalized spacial score (nSPS) is 13.2. The summed E-state index contributed by atoms with van der Waals surface area (Å²) < 4.78 is 6.74. The number of nitrogens with zero attached hydrogens (tertiary/aromatic N) is 3. The highest BCUT2D eigenvalue weighted by atomic mass is 16.5. The summed E-state index contributed by atoms with van der Waals surface area (Å²) in [4.78, 5) is 0. The van der Waals surface area contributed by atoms with E-state index in [-0.39, 0.29) is 6.04 Å². The first-order valence-electron chi connectivity index (χ1n) is 3.87. The third-order valence-corrected chi connectivity index (χ3v) is 1.63. The Kier molecular flexibility index (Phi) is 3.19. The van der Waals surface area contributed by atoms with Gasteiger partial charge in [0.15, 0.2) is 0 Å². The summed E-state index contributed by atoms with van der Waals surface area (Å²) >= 11 is 0. The molecule has 5 heteroatoms. The number of hydrogen-bond donors (Lipinski definition) is 1. The van der Waals surface area contributed by atoms with Gasteiger partial charge in [-0.2, -0.15) is 0 Å². The van der Waals surface area contributed by atoms with E-state index in [1.54, 1.807) is 11.8 Å². The summed E-state index contributed by atoms with van der Waals surface area (Å²) in [7, 11) is 1.66. The summed E-state index contributed by atoms with van der Waals surface area (Å²) in [5, 5.41) is 7.78. The number of methoxy groups -OCH3 is 1. The third-order valence-electron chi connectivity index (χ3n) is 1.63. The zero-order chi connectivity index (χ0) is 8.97. The minimum atomic E-state index is 0.211. The zero-order valence-electron chi connectivity index (χ0n) is 7.40. The molecule has 1 aromatic heterocycles. The molecule has 1 heterocycles. The maximum absolute atomic E-state index is 5.39. The van der Waals surface area contributed by atoms with Crippen molar-refractivity contribution in [3.05, 3.63) is 11.9 Å². The van der Waals surface area contributed by atoms with Crippen molar-refractivity contribution in [2.75, 3.05) is 13.7 Å². The fourth-order valence-electron chi connectivity index (χ4n) is 0.940. The lowest BCUT2D eigenvalue weighted by atomic mass is 10.4. The molecule has 0 fully saturated rings. The van der Waals surface area contributed by atoms with Gasteiger partial charge in [0.25, 0.3) is 0 Å². The first kappa shape index (κ1) is 9.15. The van der Waals surface area contributed by atoms with Gasteiger partial charge in [0.1, 0.15) is 0 Å². The Hall–Kier alpha value is -0.940. The van der Waals surface area contributed by atoms with Gasteiger partial charge >= 0.3 is 0 Å². The average Bonchev–Trinajstić information content (AvgIpc) is 2.52. The van der Waals surface area contributed by atoms with Crippen LogP contribution in [0.4, 0.5) is 0 Å². The molecule has 1 atom stereocenters. The molecule has 0 aromatic carbocycles. The topological polar surface area (TPSA) is 66.0 Å². The molecular formula is C7H14N4O. The van der Waals surface area contributed by atoms with Gasteiger partial charge in [0.05, 0.1) is 24.5 Å². The lowest BCUT2D eigenvalue weighted by Gasteiger charge is -2.08. The summed E-state index contributed by atoms with van der Waals surface area (Å²) in [6.45, 7) is 3.07. The van der Waals surface area contributed by atoms with Crippen LogP contribution < -0.4 is 5.73 Å². The van der Waals surface area contributed by atoms with E-state index in [2.05, 4.69) is 10.3 Å². The molecule has 0 aliphatic heterocycles. The lowest BCUT2D eigenvalue weighted by Crippen LogP contribution is -2.11. The van der Waals surface area contributed by atoms with Gasteiger partial charge in [-0.25, -0.2) is 4.68 Å². The molecule has 1 rings (SSSR count). The van der Waals surface area contributed by atoms with Gasteiger partial charge in [-0.1, -0.05) is 5.21 Å². The smallest absolute Gasteiger partial charge is 0.0962 e. The molecule has 0 saturated carbocycles. The van der Waals surface area contributed by atoms with E-state index in [0.29, 0.717) is 13.2 Å². The van der Waals surface area contributed by atoms with Crippen molar-refractivity contribution in [1.82, 2.24) is 15.0 Å². The number of hydrogen-bond acceptors (Lipinski definition) is 4. The van der Waals surface area contributed by atoms with Crippen LogP contribution in [0.2, 0.25) is 0 Å². The van der Waals surface area contributed by atoms with E-state index in [1.807, 2.05) is 13.1 Å². The van der Waals surface area contributed by atoms with Crippen molar-refractivity contribution < 1.29 is 4.74 Å². The molecule has 0 radical (unpaired) electrons. The SMILES string of the molecule is COCC(C)n1cc(CN)nn1. The molecular weight excluding hydrogens is 156 g/mol. The molecule has 0 aliphatic rings. The van der Waals surface area contributed by atoms with Crippen LogP contribution in [-0.2, 0) is 11.3 Å². The predicted octanol–water partition coefficient (Wildman–Crippen LogP) is -0.0558. The summed E-state index contributed by atoms with van der Waals surface area (Å²) in [6, 6.07) is 0.211. The Balaban J connectivity index is 2.61. The fraction of sp³-hybridized carbons (Fsp3) is 0.714. The molecule has 5 nitrogen and oxygen atoms in total. The van der Waals surface area contributed by atoms with E-state index >= 15 is 0 Å². The van der Waals surface area contributed by atoms with Gasteiger partial charge in [0.2, 0.25) is 0 Å². The maximum Gasteiger partial charge on any atom is 0.0962 e. The Morgan fingerprint density at radius 3 is 3.00 bits per heavy atom. The standard InChI is InChI=1S/C7H14N4O/c1-6(5-12-2)11-4-7(3-8)9-10-11/h4,6H,3,5,8H2,1-2H3. The van der Waals surface area contributed by atoms with Crippen molar-refractivity contribution in [3.63, 3.8) is 0 Å².